The van der Waals surface area contributed by atoms with Crippen molar-refractivity contribution in [2.24, 2.45) is 0 Å². The summed E-state index contributed by atoms with van der Waals surface area (Å²) in [7, 11) is 1.68. The maximum Gasteiger partial charge on any atom is 0.351 e. The molecule has 0 radical (unpaired) electrons. The van der Waals surface area contributed by atoms with E-state index >= 15 is 0 Å². The third-order valence-electron chi connectivity index (χ3n) is 5.69. The summed E-state index contributed by atoms with van der Waals surface area (Å²) in [5.74, 6) is 1.15. The van der Waals surface area contributed by atoms with Crippen LogP contribution in [-0.4, -0.2) is 49.2 Å². The van der Waals surface area contributed by atoms with Gasteiger partial charge >= 0.3 is 5.69 Å². The summed E-state index contributed by atoms with van der Waals surface area (Å²) in [5.41, 5.74) is 4.86. The first-order chi connectivity index (χ1) is 15.2. The topological polar surface area (TPSA) is 71.8 Å². The molecule has 2 aromatic carbocycles. The molecule has 3 aromatic rings. The quantitative estimate of drug-likeness (QED) is 0.632. The number of benzene rings is 2. The van der Waals surface area contributed by atoms with Gasteiger partial charge in [0.15, 0.2) is 0 Å². The second kappa shape index (κ2) is 8.53. The van der Waals surface area contributed by atoms with E-state index in [-0.39, 0.29) is 11.8 Å². The molecule has 7 heteroatoms. The van der Waals surface area contributed by atoms with Crippen molar-refractivity contribution >= 4 is 0 Å². The number of aryl methyl sites for hydroxylation is 1. The number of ether oxygens (including phenoxy) is 4. The van der Waals surface area contributed by atoms with Gasteiger partial charge in [-0.2, -0.15) is 4.98 Å². The van der Waals surface area contributed by atoms with E-state index in [4.69, 9.17) is 18.9 Å². The van der Waals surface area contributed by atoms with Gasteiger partial charge < -0.3 is 18.9 Å². The minimum atomic E-state index is -0.298. The molecule has 2 aliphatic rings. The first-order valence-corrected chi connectivity index (χ1v) is 10.4. The first kappa shape index (κ1) is 19.8. The summed E-state index contributed by atoms with van der Waals surface area (Å²) in [6, 6.07) is 16.1. The van der Waals surface area contributed by atoms with E-state index in [1.165, 1.54) is 5.56 Å². The molecule has 1 saturated heterocycles. The molecule has 31 heavy (non-hydrogen) atoms. The molecule has 0 amide bonds. The van der Waals surface area contributed by atoms with Gasteiger partial charge in [-0.15, -0.1) is 0 Å². The van der Waals surface area contributed by atoms with Crippen molar-refractivity contribution in [2.75, 3.05) is 33.5 Å². The van der Waals surface area contributed by atoms with E-state index in [1.54, 1.807) is 11.7 Å². The van der Waals surface area contributed by atoms with Gasteiger partial charge in [-0.25, -0.2) is 4.79 Å². The van der Waals surface area contributed by atoms with Crippen LogP contribution in [0.2, 0.25) is 0 Å². The van der Waals surface area contributed by atoms with Crippen LogP contribution in [0.4, 0.5) is 0 Å². The molecule has 5 rings (SSSR count). The van der Waals surface area contributed by atoms with Crippen molar-refractivity contribution in [1.82, 2.24) is 9.55 Å². The van der Waals surface area contributed by atoms with Crippen LogP contribution in [0.5, 0.6) is 11.6 Å². The molecular formula is C24H24N2O5. The lowest BCUT2D eigenvalue weighted by Crippen LogP contribution is -2.34. The van der Waals surface area contributed by atoms with Gasteiger partial charge in [-0.3, -0.25) is 4.57 Å². The Morgan fingerprint density at radius 1 is 1.13 bits per heavy atom. The van der Waals surface area contributed by atoms with E-state index in [9.17, 15) is 4.79 Å². The summed E-state index contributed by atoms with van der Waals surface area (Å²) in [6.45, 7) is 2.52. The average Bonchev–Trinajstić information content (AvgIpc) is 2.83. The summed E-state index contributed by atoms with van der Waals surface area (Å²) in [4.78, 5) is 16.7. The Labute approximate surface area is 180 Å². The van der Waals surface area contributed by atoms with Crippen LogP contribution >= 0.6 is 0 Å². The molecule has 1 atom stereocenters. The average molecular weight is 420 g/mol. The van der Waals surface area contributed by atoms with Gasteiger partial charge in [-0.1, -0.05) is 36.4 Å². The molecule has 1 fully saturated rings. The van der Waals surface area contributed by atoms with Gasteiger partial charge in [0.25, 0.3) is 0 Å². The highest BCUT2D eigenvalue weighted by Crippen LogP contribution is 2.36. The van der Waals surface area contributed by atoms with Gasteiger partial charge in [0.2, 0.25) is 5.88 Å². The molecule has 1 aromatic heterocycles. The van der Waals surface area contributed by atoms with Crippen molar-refractivity contribution in [1.29, 1.82) is 0 Å². The minimum Gasteiger partial charge on any atom is -0.496 e. The number of aromatic nitrogens is 2. The third kappa shape index (κ3) is 3.94. The zero-order chi connectivity index (χ0) is 21.2. The van der Waals surface area contributed by atoms with Gasteiger partial charge in [0.1, 0.15) is 18.5 Å². The van der Waals surface area contributed by atoms with E-state index in [1.807, 2.05) is 24.3 Å². The van der Waals surface area contributed by atoms with Crippen LogP contribution in [0.1, 0.15) is 5.56 Å². The maximum atomic E-state index is 12.6. The van der Waals surface area contributed by atoms with Crippen molar-refractivity contribution in [3.8, 4) is 34.0 Å². The van der Waals surface area contributed by atoms with Crippen LogP contribution < -0.4 is 15.2 Å². The van der Waals surface area contributed by atoms with Gasteiger partial charge in [-0.05, 0) is 23.6 Å². The number of fused-ring (bicyclic) bond motifs is 3. The SMILES string of the molecule is COc1ccccc1-c1ccc2c(c1)CCn1c-2cc(OCC2COCCO2)nc1=O. The normalized spacial score (nSPS) is 17.5. The van der Waals surface area contributed by atoms with Crippen LogP contribution in [0.3, 0.4) is 0 Å². The van der Waals surface area contributed by atoms with Crippen LogP contribution in [0, 0.1) is 0 Å². The number of rotatable bonds is 5. The second-order valence-electron chi connectivity index (χ2n) is 7.61. The zero-order valence-electron chi connectivity index (χ0n) is 17.4. The standard InChI is InChI=1S/C24H24N2O5/c1-28-22-5-3-2-4-20(22)16-6-7-19-17(12-16)8-9-26-21(19)13-23(25-24(26)27)31-15-18-14-29-10-11-30-18/h2-7,12-13,18H,8-11,14-15H2,1H3. The van der Waals surface area contributed by atoms with Crippen molar-refractivity contribution in [3.63, 3.8) is 0 Å². The number of hydrogen-bond donors (Lipinski definition) is 0. The summed E-state index contributed by atoms with van der Waals surface area (Å²) in [6.07, 6.45) is 0.616. The summed E-state index contributed by atoms with van der Waals surface area (Å²) < 4.78 is 24.0. The predicted octanol–water partition coefficient (Wildman–Crippen LogP) is 2.94. The van der Waals surface area contributed by atoms with E-state index in [2.05, 4.69) is 29.2 Å². The zero-order valence-corrected chi connectivity index (χ0v) is 17.4. The largest absolute Gasteiger partial charge is 0.496 e. The Morgan fingerprint density at radius 2 is 2.03 bits per heavy atom. The molecule has 3 heterocycles. The Balaban J connectivity index is 1.46. The maximum absolute atomic E-state index is 12.6. The van der Waals surface area contributed by atoms with Crippen LogP contribution in [0.15, 0.2) is 53.3 Å². The summed E-state index contributed by atoms with van der Waals surface area (Å²) >= 11 is 0. The van der Waals surface area contributed by atoms with Gasteiger partial charge in [0.05, 0.1) is 32.6 Å². The lowest BCUT2D eigenvalue weighted by Gasteiger charge is -2.24. The van der Waals surface area contributed by atoms with Crippen molar-refractivity contribution in [2.45, 2.75) is 19.1 Å². The monoisotopic (exact) mass is 420 g/mol. The fourth-order valence-electron chi connectivity index (χ4n) is 4.14. The fourth-order valence-corrected chi connectivity index (χ4v) is 4.14. The number of hydrogen-bond acceptors (Lipinski definition) is 6. The second-order valence-corrected chi connectivity index (χ2v) is 7.61. The molecule has 0 bridgehead atoms. The number of methoxy groups -OCH3 is 1. The van der Waals surface area contributed by atoms with E-state index in [0.717, 1.165) is 34.6 Å². The Bertz CT molecular complexity index is 1150. The van der Waals surface area contributed by atoms with Gasteiger partial charge in [0, 0.05) is 23.7 Å². The lowest BCUT2D eigenvalue weighted by atomic mass is 9.93. The van der Waals surface area contributed by atoms with E-state index in [0.29, 0.717) is 38.9 Å². The Hall–Kier alpha value is -3.16. The fraction of sp³-hybridized carbons (Fsp3) is 0.333. The molecule has 1 unspecified atom stereocenters. The number of nitrogens with zero attached hydrogens (tertiary/aromatic N) is 2. The molecule has 2 aliphatic heterocycles. The smallest absolute Gasteiger partial charge is 0.351 e. The molecule has 0 saturated carbocycles. The van der Waals surface area contributed by atoms with Crippen LogP contribution in [0.25, 0.3) is 22.4 Å². The Kier molecular flexibility index (Phi) is 5.44. The van der Waals surface area contributed by atoms with Crippen molar-refractivity contribution < 1.29 is 18.9 Å². The lowest BCUT2D eigenvalue weighted by molar-refractivity contribution is -0.102. The van der Waals surface area contributed by atoms with Crippen LogP contribution in [-0.2, 0) is 22.4 Å². The highest BCUT2D eigenvalue weighted by Gasteiger charge is 2.21. The highest BCUT2D eigenvalue weighted by molar-refractivity contribution is 5.76. The first-order valence-electron chi connectivity index (χ1n) is 10.4. The molecule has 7 nitrogen and oxygen atoms in total. The number of para-hydroxylation sites is 1. The van der Waals surface area contributed by atoms with Crippen molar-refractivity contribution in [3.05, 3.63) is 64.6 Å². The molecule has 0 spiro atoms. The van der Waals surface area contributed by atoms with E-state index < -0.39 is 0 Å². The molecular weight excluding hydrogens is 396 g/mol. The highest BCUT2D eigenvalue weighted by atomic mass is 16.6. The minimum absolute atomic E-state index is 0.148. The Morgan fingerprint density at radius 3 is 2.87 bits per heavy atom. The third-order valence-corrected chi connectivity index (χ3v) is 5.69. The molecule has 0 N–H and O–H groups in total. The molecule has 0 aliphatic carbocycles. The predicted molar refractivity (Wildman–Crippen MR) is 116 cm³/mol. The summed E-state index contributed by atoms with van der Waals surface area (Å²) in [5, 5.41) is 0. The molecule has 160 valence electrons.